The number of likely N-dealkylation sites (tertiary alicyclic amines) is 1. The van der Waals surface area contributed by atoms with Crippen LogP contribution in [0, 0.1) is 17.2 Å². The van der Waals surface area contributed by atoms with Crippen LogP contribution < -0.4 is 14.8 Å². The number of amides is 1. The zero-order chi connectivity index (χ0) is 22.8. The van der Waals surface area contributed by atoms with E-state index in [1.807, 2.05) is 24.3 Å². The van der Waals surface area contributed by atoms with Gasteiger partial charge < -0.3 is 14.8 Å². The summed E-state index contributed by atoms with van der Waals surface area (Å²) in [4.78, 5) is 14.8. The van der Waals surface area contributed by atoms with Gasteiger partial charge in [0.05, 0.1) is 25.3 Å². The molecule has 0 spiro atoms. The monoisotopic (exact) mass is 435 g/mol. The number of carbonyl (C=O) groups is 1. The van der Waals surface area contributed by atoms with Crippen LogP contribution >= 0.6 is 0 Å². The van der Waals surface area contributed by atoms with E-state index in [1.165, 1.54) is 5.56 Å². The fourth-order valence-electron chi connectivity index (χ4n) is 4.37. The van der Waals surface area contributed by atoms with Crippen molar-refractivity contribution in [2.45, 2.75) is 38.1 Å². The first-order valence-corrected chi connectivity index (χ1v) is 11.3. The van der Waals surface area contributed by atoms with Crippen LogP contribution in [0.15, 0.2) is 48.5 Å². The van der Waals surface area contributed by atoms with Crippen LogP contribution in [0.3, 0.4) is 0 Å². The fourth-order valence-corrected chi connectivity index (χ4v) is 4.37. The molecule has 170 valence electrons. The third-order valence-electron chi connectivity index (χ3n) is 6.06. The molecular formula is C26H33N3O3. The second-order valence-electron chi connectivity index (χ2n) is 8.35. The predicted molar refractivity (Wildman–Crippen MR) is 125 cm³/mol. The second kappa shape index (κ2) is 12.1. The smallest absolute Gasteiger partial charge is 0.220 e. The van der Waals surface area contributed by atoms with Crippen molar-refractivity contribution in [1.29, 1.82) is 5.26 Å². The molecule has 1 fully saturated rings. The summed E-state index contributed by atoms with van der Waals surface area (Å²) in [6, 6.07) is 17.8. The molecule has 2 unspecified atom stereocenters. The summed E-state index contributed by atoms with van der Waals surface area (Å²) in [7, 11) is 3.84. The molecule has 6 heteroatoms. The maximum absolute atomic E-state index is 12.4. The molecule has 0 aliphatic carbocycles. The van der Waals surface area contributed by atoms with Crippen LogP contribution in [0.1, 0.15) is 49.3 Å². The Bertz CT molecular complexity index is 907. The van der Waals surface area contributed by atoms with Gasteiger partial charge in [0.1, 0.15) is 11.5 Å². The number of carbonyl (C=O) groups excluding carboxylic acids is 1. The molecule has 6 nitrogen and oxygen atoms in total. The van der Waals surface area contributed by atoms with Crippen LogP contribution in [-0.4, -0.2) is 44.7 Å². The number of rotatable bonds is 10. The molecule has 1 N–H and O–H groups in total. The van der Waals surface area contributed by atoms with Crippen molar-refractivity contribution >= 4 is 5.91 Å². The van der Waals surface area contributed by atoms with Crippen LogP contribution in [0.25, 0.3) is 0 Å². The van der Waals surface area contributed by atoms with Crippen LogP contribution in [0.4, 0.5) is 0 Å². The van der Waals surface area contributed by atoms with Crippen LogP contribution in [0.5, 0.6) is 11.5 Å². The van der Waals surface area contributed by atoms with Crippen molar-refractivity contribution in [3.05, 3.63) is 59.7 Å². The number of ether oxygens (including phenoxy) is 2. The topological polar surface area (TPSA) is 74.6 Å². The Morgan fingerprint density at radius 1 is 1.19 bits per heavy atom. The molecule has 0 saturated carbocycles. The Kier molecular flexibility index (Phi) is 8.94. The van der Waals surface area contributed by atoms with Crippen molar-refractivity contribution in [3.63, 3.8) is 0 Å². The maximum Gasteiger partial charge on any atom is 0.220 e. The minimum Gasteiger partial charge on any atom is -0.497 e. The molecule has 2 aromatic rings. The van der Waals surface area contributed by atoms with Gasteiger partial charge in [-0.05, 0) is 81.1 Å². The van der Waals surface area contributed by atoms with E-state index in [-0.39, 0.29) is 5.91 Å². The number of unbranched alkanes of at least 4 members (excludes halogenated alkanes) is 1. The number of benzene rings is 2. The Morgan fingerprint density at radius 3 is 2.75 bits per heavy atom. The van der Waals surface area contributed by atoms with Gasteiger partial charge in [-0.25, -0.2) is 0 Å². The number of nitriles is 1. The average molecular weight is 436 g/mol. The summed E-state index contributed by atoms with van der Waals surface area (Å²) in [5.41, 5.74) is 1.85. The van der Waals surface area contributed by atoms with E-state index >= 15 is 0 Å². The zero-order valence-corrected chi connectivity index (χ0v) is 19.0. The molecule has 3 rings (SSSR count). The molecule has 1 aliphatic heterocycles. The molecule has 0 bridgehead atoms. The third kappa shape index (κ3) is 6.73. The number of nitrogens with one attached hydrogen (secondary N) is 1. The van der Waals surface area contributed by atoms with Crippen molar-refractivity contribution in [2.75, 3.05) is 33.9 Å². The van der Waals surface area contributed by atoms with E-state index in [4.69, 9.17) is 14.7 Å². The molecule has 1 aliphatic rings. The highest BCUT2D eigenvalue weighted by molar-refractivity contribution is 5.75. The lowest BCUT2D eigenvalue weighted by Crippen LogP contribution is -2.41. The number of hydrogen-bond acceptors (Lipinski definition) is 5. The summed E-state index contributed by atoms with van der Waals surface area (Å²) >= 11 is 0. The van der Waals surface area contributed by atoms with E-state index in [9.17, 15) is 4.79 Å². The lowest BCUT2D eigenvalue weighted by molar-refractivity contribution is -0.121. The third-order valence-corrected chi connectivity index (χ3v) is 6.06. The van der Waals surface area contributed by atoms with Crippen molar-refractivity contribution in [3.8, 4) is 17.6 Å². The van der Waals surface area contributed by atoms with Gasteiger partial charge >= 0.3 is 0 Å². The first kappa shape index (κ1) is 23.6. The molecule has 1 saturated heterocycles. The predicted octanol–water partition coefficient (Wildman–Crippen LogP) is 4.32. The minimum atomic E-state index is 0.0955. The normalized spacial score (nSPS) is 18.5. The highest BCUT2D eigenvalue weighted by Crippen LogP contribution is 2.35. The largest absolute Gasteiger partial charge is 0.497 e. The van der Waals surface area contributed by atoms with Gasteiger partial charge in [-0.3, -0.25) is 9.69 Å². The van der Waals surface area contributed by atoms with Gasteiger partial charge in [0.15, 0.2) is 0 Å². The van der Waals surface area contributed by atoms with E-state index in [0.29, 0.717) is 42.8 Å². The van der Waals surface area contributed by atoms with Crippen molar-refractivity contribution in [2.24, 2.45) is 5.92 Å². The highest BCUT2D eigenvalue weighted by atomic mass is 16.5. The zero-order valence-electron chi connectivity index (χ0n) is 19.0. The van der Waals surface area contributed by atoms with E-state index < -0.39 is 0 Å². The summed E-state index contributed by atoms with van der Waals surface area (Å²) in [6.45, 7) is 2.30. The fraction of sp³-hybridized carbons (Fsp3) is 0.462. The molecule has 0 radical (unpaired) electrons. The quantitative estimate of drug-likeness (QED) is 0.563. The lowest BCUT2D eigenvalue weighted by Gasteiger charge is -2.39. The molecule has 1 heterocycles. The SMILES string of the molecule is COc1ccc(C2C(CNC(=O)CCCCOc3cccc(C#N)c3)CCCN2C)cc1. The van der Waals surface area contributed by atoms with Gasteiger partial charge in [0.2, 0.25) is 5.91 Å². The van der Waals surface area contributed by atoms with Gasteiger partial charge in [-0.2, -0.15) is 5.26 Å². The summed E-state index contributed by atoms with van der Waals surface area (Å²) in [6.07, 6.45) is 4.32. The van der Waals surface area contributed by atoms with Crippen LogP contribution in [0.2, 0.25) is 0 Å². The Hall–Kier alpha value is -3.04. The number of piperidine rings is 1. The molecule has 32 heavy (non-hydrogen) atoms. The second-order valence-corrected chi connectivity index (χ2v) is 8.35. The van der Waals surface area contributed by atoms with Crippen LogP contribution in [-0.2, 0) is 4.79 Å². The van der Waals surface area contributed by atoms with E-state index in [0.717, 1.165) is 38.0 Å². The standard InChI is InChI=1S/C26H33N3O3/c1-29-15-6-8-22(26(29)21-11-13-23(31-2)14-12-21)19-28-25(30)10-3-4-16-32-24-9-5-7-20(17-24)18-27/h5,7,9,11-14,17,22,26H,3-4,6,8,10,15-16,19H2,1-2H3,(H,28,30). The first-order chi connectivity index (χ1) is 15.6. The van der Waals surface area contributed by atoms with Gasteiger partial charge in [-0.15, -0.1) is 0 Å². The molecule has 2 atom stereocenters. The molecule has 2 aromatic carbocycles. The summed E-state index contributed by atoms with van der Waals surface area (Å²) in [5.74, 6) is 2.04. The number of nitrogens with zero attached hydrogens (tertiary/aromatic N) is 2. The highest BCUT2D eigenvalue weighted by Gasteiger charge is 2.30. The molecule has 1 amide bonds. The Labute approximate surface area is 191 Å². The van der Waals surface area contributed by atoms with Gasteiger partial charge in [0, 0.05) is 19.0 Å². The summed E-state index contributed by atoms with van der Waals surface area (Å²) in [5, 5.41) is 12.1. The van der Waals surface area contributed by atoms with E-state index in [2.05, 4.69) is 35.5 Å². The lowest BCUT2D eigenvalue weighted by atomic mass is 9.85. The minimum absolute atomic E-state index is 0.0955. The molecule has 0 aromatic heterocycles. The average Bonchev–Trinajstić information content (AvgIpc) is 2.83. The molecular weight excluding hydrogens is 402 g/mol. The van der Waals surface area contributed by atoms with Gasteiger partial charge in [-0.1, -0.05) is 18.2 Å². The Balaban J connectivity index is 1.41. The number of hydrogen-bond donors (Lipinski definition) is 1. The van der Waals surface area contributed by atoms with Crippen molar-refractivity contribution in [1.82, 2.24) is 10.2 Å². The first-order valence-electron chi connectivity index (χ1n) is 11.3. The Morgan fingerprint density at radius 2 is 2.00 bits per heavy atom. The van der Waals surface area contributed by atoms with Gasteiger partial charge in [0.25, 0.3) is 0 Å². The maximum atomic E-state index is 12.4. The van der Waals surface area contributed by atoms with E-state index in [1.54, 1.807) is 19.2 Å². The van der Waals surface area contributed by atoms with Crippen molar-refractivity contribution < 1.29 is 14.3 Å². The number of methoxy groups -OCH3 is 1. The summed E-state index contributed by atoms with van der Waals surface area (Å²) < 4.78 is 11.0.